The molecule has 0 unspecified atom stereocenters. The highest BCUT2D eigenvalue weighted by atomic mass is 16.2. The lowest BCUT2D eigenvalue weighted by atomic mass is 10.4. The smallest absolute Gasteiger partial charge is 0.227 e. The van der Waals surface area contributed by atoms with E-state index in [1.165, 1.54) is 5.57 Å². The maximum absolute atomic E-state index is 10.1. The van der Waals surface area contributed by atoms with Crippen molar-refractivity contribution < 1.29 is 9.59 Å². The maximum Gasteiger partial charge on any atom is 0.227 e. The molecular formula is C8H16N2O2. The molecule has 1 aliphatic heterocycles. The van der Waals surface area contributed by atoms with Gasteiger partial charge >= 0.3 is 0 Å². The Morgan fingerprint density at radius 1 is 1.25 bits per heavy atom. The summed E-state index contributed by atoms with van der Waals surface area (Å²) >= 11 is 0. The van der Waals surface area contributed by atoms with E-state index in [1.54, 1.807) is 0 Å². The molecule has 70 valence electrons. The second kappa shape index (κ2) is 6.54. The van der Waals surface area contributed by atoms with E-state index in [-0.39, 0.29) is 18.0 Å². The molecule has 0 aromatic carbocycles. The van der Waals surface area contributed by atoms with Crippen molar-refractivity contribution in [3.63, 3.8) is 0 Å². The van der Waals surface area contributed by atoms with Crippen LogP contribution in [0.3, 0.4) is 0 Å². The summed E-state index contributed by atoms with van der Waals surface area (Å²) in [4.78, 5) is 20.2. The zero-order valence-electron chi connectivity index (χ0n) is 7.64. The molecule has 0 atom stereocenters. The van der Waals surface area contributed by atoms with Gasteiger partial charge in [-0.25, -0.2) is 0 Å². The average Bonchev–Trinajstić information content (AvgIpc) is 2.13. The zero-order chi connectivity index (χ0) is 8.85. The molecule has 0 aromatic rings. The number of rotatable bonds is 0. The fraction of sp³-hybridized carbons (Fsp3) is 0.500. The minimum Gasteiger partial charge on any atom is -0.344 e. The second-order valence-electron chi connectivity index (χ2n) is 2.68. The fourth-order valence-electron chi connectivity index (χ4n) is 0.508. The molecule has 12 heavy (non-hydrogen) atoms. The van der Waals surface area contributed by atoms with E-state index >= 15 is 0 Å². The quantitative estimate of drug-likeness (QED) is 0.425. The van der Waals surface area contributed by atoms with E-state index in [1.807, 2.05) is 13.8 Å². The summed E-state index contributed by atoms with van der Waals surface area (Å²) in [5, 5.41) is 2.14. The van der Waals surface area contributed by atoms with Gasteiger partial charge < -0.3 is 6.15 Å². The minimum absolute atomic E-state index is 0. The van der Waals surface area contributed by atoms with Crippen LogP contribution in [0.4, 0.5) is 0 Å². The Kier molecular flexibility index (Phi) is 7.32. The average molecular weight is 172 g/mol. The number of hydrogen-bond acceptors (Lipinski definition) is 3. The van der Waals surface area contributed by atoms with E-state index in [4.69, 9.17) is 0 Å². The predicted octanol–water partition coefficient (Wildman–Crippen LogP) is 1.17. The van der Waals surface area contributed by atoms with Gasteiger partial charge in [-0.15, -0.1) is 6.58 Å². The highest BCUT2D eigenvalue weighted by molar-refractivity contribution is 6.01. The molecule has 0 radical (unpaired) electrons. The van der Waals surface area contributed by atoms with Gasteiger partial charge in [-0.2, -0.15) is 0 Å². The molecule has 0 saturated carbocycles. The summed E-state index contributed by atoms with van der Waals surface area (Å²) in [5.74, 6) is -0.296. The van der Waals surface area contributed by atoms with Gasteiger partial charge in [0.05, 0.1) is 0 Å². The third-order valence-corrected chi connectivity index (χ3v) is 0.858. The molecule has 4 heteroatoms. The number of hydrogen-bond donors (Lipinski definition) is 2. The predicted molar refractivity (Wildman–Crippen MR) is 47.9 cm³/mol. The van der Waals surface area contributed by atoms with Crippen LogP contribution in [-0.4, -0.2) is 11.8 Å². The van der Waals surface area contributed by atoms with Crippen LogP contribution in [0.25, 0.3) is 0 Å². The van der Waals surface area contributed by atoms with E-state index in [0.717, 1.165) is 0 Å². The minimum atomic E-state index is -0.148. The monoisotopic (exact) mass is 172 g/mol. The first-order chi connectivity index (χ1) is 5.02. The molecule has 1 saturated heterocycles. The van der Waals surface area contributed by atoms with Crippen molar-refractivity contribution in [3.8, 4) is 0 Å². The summed E-state index contributed by atoms with van der Waals surface area (Å²) in [6.07, 6.45) is 0.748. The Hall–Kier alpha value is -1.16. The molecule has 0 aliphatic carbocycles. The molecule has 1 aliphatic rings. The normalized spacial score (nSPS) is 13.8. The first-order valence-electron chi connectivity index (χ1n) is 3.47. The highest BCUT2D eigenvalue weighted by Crippen LogP contribution is 1.95. The number of nitrogens with one attached hydrogen (secondary N) is 1. The van der Waals surface area contributed by atoms with Crippen LogP contribution < -0.4 is 11.5 Å². The summed E-state index contributed by atoms with van der Waals surface area (Å²) in [7, 11) is 0. The second-order valence-corrected chi connectivity index (χ2v) is 2.68. The number of allylic oxidation sites excluding steroid dienone is 1. The van der Waals surface area contributed by atoms with Crippen molar-refractivity contribution in [2.24, 2.45) is 0 Å². The molecule has 0 aromatic heterocycles. The number of carbonyl (C=O) groups excluding carboxylic acids is 2. The van der Waals surface area contributed by atoms with Crippen molar-refractivity contribution in [2.75, 3.05) is 0 Å². The van der Waals surface area contributed by atoms with Crippen LogP contribution in [0.15, 0.2) is 12.2 Å². The Balaban J connectivity index is 0. The first kappa shape index (κ1) is 13.4. The van der Waals surface area contributed by atoms with Crippen molar-refractivity contribution in [2.45, 2.75) is 26.7 Å². The van der Waals surface area contributed by atoms with Gasteiger partial charge in [0.1, 0.15) is 0 Å². The number of imide groups is 1. The standard InChI is InChI=1S/C4H5NO2.C4H8.H3N/c6-3-1-2-4(7)5-3;1-4(2)3;/h1-2H2,(H,5,6,7);1H2,2-3H3;1H3. The van der Waals surface area contributed by atoms with Crippen LogP contribution in [-0.2, 0) is 9.59 Å². The molecular weight excluding hydrogens is 156 g/mol. The SMILES string of the molecule is C=C(C)C.N.O=C1CCC(=O)N1. The largest absolute Gasteiger partial charge is 0.344 e. The summed E-state index contributed by atoms with van der Waals surface area (Å²) in [5.41, 5.74) is 1.17. The molecule has 1 rings (SSSR count). The molecule has 1 heterocycles. The van der Waals surface area contributed by atoms with E-state index < -0.39 is 0 Å². The first-order valence-corrected chi connectivity index (χ1v) is 3.47. The van der Waals surface area contributed by atoms with E-state index in [2.05, 4.69) is 11.9 Å². The number of carbonyl (C=O) groups is 2. The maximum atomic E-state index is 10.1. The van der Waals surface area contributed by atoms with Crippen molar-refractivity contribution >= 4 is 11.8 Å². The van der Waals surface area contributed by atoms with Crippen LogP contribution in [0.5, 0.6) is 0 Å². The Bertz CT molecular complexity index is 169. The van der Waals surface area contributed by atoms with Gasteiger partial charge in [0, 0.05) is 12.8 Å². The molecule has 1 fully saturated rings. The molecule has 0 bridgehead atoms. The summed E-state index contributed by atoms with van der Waals surface area (Å²) < 4.78 is 0. The Morgan fingerprint density at radius 2 is 1.50 bits per heavy atom. The lowest BCUT2D eigenvalue weighted by Crippen LogP contribution is -2.18. The molecule has 4 N–H and O–H groups in total. The number of amides is 2. The summed E-state index contributed by atoms with van der Waals surface area (Å²) in [6.45, 7) is 7.50. The van der Waals surface area contributed by atoms with Crippen molar-refractivity contribution in [1.29, 1.82) is 0 Å². The highest BCUT2D eigenvalue weighted by Gasteiger charge is 2.15. The van der Waals surface area contributed by atoms with Gasteiger partial charge in [0.15, 0.2) is 0 Å². The lowest BCUT2D eigenvalue weighted by Gasteiger charge is -1.79. The van der Waals surface area contributed by atoms with E-state index in [0.29, 0.717) is 12.8 Å². The molecule has 0 spiro atoms. The lowest BCUT2D eigenvalue weighted by molar-refractivity contribution is -0.124. The van der Waals surface area contributed by atoms with Crippen LogP contribution in [0.2, 0.25) is 0 Å². The van der Waals surface area contributed by atoms with Crippen LogP contribution in [0.1, 0.15) is 26.7 Å². The van der Waals surface area contributed by atoms with Crippen molar-refractivity contribution in [3.05, 3.63) is 12.2 Å². The van der Waals surface area contributed by atoms with Gasteiger partial charge in [-0.1, -0.05) is 5.57 Å². The third-order valence-electron chi connectivity index (χ3n) is 0.858. The van der Waals surface area contributed by atoms with Gasteiger partial charge in [-0.3, -0.25) is 14.9 Å². The third kappa shape index (κ3) is 8.84. The zero-order valence-corrected chi connectivity index (χ0v) is 7.64. The Morgan fingerprint density at radius 3 is 1.58 bits per heavy atom. The van der Waals surface area contributed by atoms with Crippen LogP contribution in [0, 0.1) is 0 Å². The van der Waals surface area contributed by atoms with Crippen molar-refractivity contribution in [1.82, 2.24) is 11.5 Å². The fourth-order valence-corrected chi connectivity index (χ4v) is 0.508. The Labute approximate surface area is 72.6 Å². The van der Waals surface area contributed by atoms with E-state index in [9.17, 15) is 9.59 Å². The van der Waals surface area contributed by atoms with Gasteiger partial charge in [-0.05, 0) is 13.8 Å². The molecule has 2 amide bonds. The van der Waals surface area contributed by atoms with Gasteiger partial charge in [0.2, 0.25) is 11.8 Å². The topological polar surface area (TPSA) is 81.2 Å². The van der Waals surface area contributed by atoms with Gasteiger partial charge in [0.25, 0.3) is 0 Å². The molecule has 4 nitrogen and oxygen atoms in total. The summed E-state index contributed by atoms with van der Waals surface area (Å²) in [6, 6.07) is 0. The van der Waals surface area contributed by atoms with Crippen LogP contribution >= 0.6 is 0 Å².